The molecule has 2 N–H and O–H groups in total. The summed E-state index contributed by atoms with van der Waals surface area (Å²) in [5.74, 6) is -1.79. The van der Waals surface area contributed by atoms with Gasteiger partial charge in [-0.3, -0.25) is 4.79 Å². The molecule has 128 valence electrons. The van der Waals surface area contributed by atoms with Gasteiger partial charge in [-0.15, -0.1) is 0 Å². The number of hydrogen-bond acceptors (Lipinski definition) is 6. The molecule has 1 amide bonds. The first-order valence-electron chi connectivity index (χ1n) is 6.94. The second-order valence-electron chi connectivity index (χ2n) is 4.89. The fraction of sp³-hybridized carbons (Fsp3) is 0.267. The van der Waals surface area contributed by atoms with Crippen LogP contribution in [0.25, 0.3) is 0 Å². The Bertz CT molecular complexity index is 781. The summed E-state index contributed by atoms with van der Waals surface area (Å²) in [6.07, 6.45) is -1.05. The Kier molecular flexibility index (Phi) is 5.74. The van der Waals surface area contributed by atoms with Crippen LogP contribution in [0.5, 0.6) is 0 Å². The fourth-order valence-electron chi connectivity index (χ4n) is 1.87. The Morgan fingerprint density at radius 2 is 2.12 bits per heavy atom. The van der Waals surface area contributed by atoms with Crippen molar-refractivity contribution in [3.8, 4) is 0 Å². The maximum Gasteiger partial charge on any atom is 0.343 e. The number of carbonyl (C=O) groups is 2. The van der Waals surface area contributed by atoms with Gasteiger partial charge in [-0.25, -0.2) is 9.18 Å². The number of esters is 1. The summed E-state index contributed by atoms with van der Waals surface area (Å²) in [5.41, 5.74) is 1.12. The third-order valence-electron chi connectivity index (χ3n) is 3.13. The molecule has 0 bridgehead atoms. The lowest BCUT2D eigenvalue weighted by Crippen LogP contribution is -2.30. The van der Waals surface area contributed by atoms with Gasteiger partial charge in [0.05, 0.1) is 10.7 Å². The van der Waals surface area contributed by atoms with Crippen LogP contribution in [-0.2, 0) is 9.53 Å². The minimum atomic E-state index is -1.05. The van der Waals surface area contributed by atoms with Gasteiger partial charge in [-0.2, -0.15) is 4.37 Å². The average Bonchev–Trinajstić information content (AvgIpc) is 2.91. The molecule has 0 saturated heterocycles. The van der Waals surface area contributed by atoms with Crippen molar-refractivity contribution < 1.29 is 18.7 Å². The van der Waals surface area contributed by atoms with E-state index in [1.54, 1.807) is 14.0 Å². The second kappa shape index (κ2) is 7.59. The number of rotatable bonds is 5. The molecule has 0 aliphatic heterocycles. The number of carbonyl (C=O) groups excluding carboxylic acids is 2. The summed E-state index contributed by atoms with van der Waals surface area (Å²) < 4.78 is 22.4. The highest BCUT2D eigenvalue weighted by atomic mass is 35.5. The highest BCUT2D eigenvalue weighted by Gasteiger charge is 2.24. The van der Waals surface area contributed by atoms with Crippen molar-refractivity contribution in [3.63, 3.8) is 0 Å². The van der Waals surface area contributed by atoms with Gasteiger partial charge in [-0.05, 0) is 43.6 Å². The zero-order valence-electron chi connectivity index (χ0n) is 13.1. The van der Waals surface area contributed by atoms with E-state index in [2.05, 4.69) is 15.0 Å². The molecule has 2 aromatic rings. The van der Waals surface area contributed by atoms with Crippen molar-refractivity contribution in [1.29, 1.82) is 0 Å². The summed E-state index contributed by atoms with van der Waals surface area (Å²) in [6, 6.07) is 3.77. The molecule has 1 atom stereocenters. The van der Waals surface area contributed by atoms with Crippen LogP contribution >= 0.6 is 23.1 Å². The molecule has 0 unspecified atom stereocenters. The number of aryl methyl sites for hydroxylation is 1. The van der Waals surface area contributed by atoms with Crippen molar-refractivity contribution in [1.82, 2.24) is 4.37 Å². The Morgan fingerprint density at radius 1 is 1.42 bits per heavy atom. The summed E-state index contributed by atoms with van der Waals surface area (Å²) in [5, 5.41) is 5.81. The highest BCUT2D eigenvalue weighted by molar-refractivity contribution is 7.10. The van der Waals surface area contributed by atoms with Crippen LogP contribution in [0.1, 0.15) is 23.0 Å². The topological polar surface area (TPSA) is 80.3 Å². The zero-order valence-corrected chi connectivity index (χ0v) is 14.7. The lowest BCUT2D eigenvalue weighted by Gasteiger charge is -2.14. The summed E-state index contributed by atoms with van der Waals surface area (Å²) >= 11 is 6.79. The van der Waals surface area contributed by atoms with Gasteiger partial charge in [0, 0.05) is 12.7 Å². The maximum absolute atomic E-state index is 13.1. The van der Waals surface area contributed by atoms with E-state index < -0.39 is 23.8 Å². The van der Waals surface area contributed by atoms with Crippen LogP contribution in [0.4, 0.5) is 15.1 Å². The average molecular weight is 372 g/mol. The predicted molar refractivity (Wildman–Crippen MR) is 91.3 cm³/mol. The number of nitrogens with zero attached hydrogens (tertiary/aromatic N) is 1. The van der Waals surface area contributed by atoms with Gasteiger partial charge in [0.1, 0.15) is 16.4 Å². The largest absolute Gasteiger partial charge is 0.449 e. The van der Waals surface area contributed by atoms with E-state index in [-0.39, 0.29) is 5.02 Å². The van der Waals surface area contributed by atoms with E-state index in [9.17, 15) is 14.0 Å². The predicted octanol–water partition coefficient (Wildman–Crippen LogP) is 3.47. The van der Waals surface area contributed by atoms with E-state index in [0.717, 1.165) is 17.6 Å². The standard InChI is InChI=1S/C15H15ClFN3O3S/c1-7-12(14(18-3)24-20-7)15(22)23-8(2)13(21)19-9-4-5-11(17)10(16)6-9/h4-6,8,18H,1-3H3,(H,19,21)/t8-/m1/s1. The van der Waals surface area contributed by atoms with Crippen LogP contribution < -0.4 is 10.6 Å². The molecule has 9 heteroatoms. The molecule has 0 aliphatic rings. The molecule has 0 spiro atoms. The summed E-state index contributed by atoms with van der Waals surface area (Å²) in [7, 11) is 1.66. The third kappa shape index (κ3) is 4.01. The molecular weight excluding hydrogens is 357 g/mol. The van der Waals surface area contributed by atoms with Crippen LogP contribution in [0.2, 0.25) is 5.02 Å². The lowest BCUT2D eigenvalue weighted by molar-refractivity contribution is -0.123. The van der Waals surface area contributed by atoms with E-state index >= 15 is 0 Å². The Hall–Kier alpha value is -2.19. The van der Waals surface area contributed by atoms with Crippen molar-refractivity contribution in [2.75, 3.05) is 17.7 Å². The number of aromatic nitrogens is 1. The molecule has 1 heterocycles. The molecule has 0 fully saturated rings. The third-order valence-corrected chi connectivity index (χ3v) is 4.38. The molecule has 6 nitrogen and oxygen atoms in total. The second-order valence-corrected chi connectivity index (χ2v) is 6.07. The minimum Gasteiger partial charge on any atom is -0.449 e. The SMILES string of the molecule is CNc1snc(C)c1C(=O)O[C@H](C)C(=O)Nc1ccc(F)c(Cl)c1. The van der Waals surface area contributed by atoms with Gasteiger partial charge in [-0.1, -0.05) is 11.6 Å². The number of benzene rings is 1. The number of anilines is 2. The molecule has 0 radical (unpaired) electrons. The first-order valence-corrected chi connectivity index (χ1v) is 8.09. The van der Waals surface area contributed by atoms with Crippen molar-refractivity contribution in [3.05, 3.63) is 40.3 Å². The number of ether oxygens (including phenoxy) is 1. The van der Waals surface area contributed by atoms with E-state index in [1.165, 1.54) is 19.1 Å². The molecule has 1 aromatic heterocycles. The van der Waals surface area contributed by atoms with E-state index in [1.807, 2.05) is 0 Å². The van der Waals surface area contributed by atoms with Crippen LogP contribution in [0.15, 0.2) is 18.2 Å². The number of halogens is 2. The van der Waals surface area contributed by atoms with Crippen molar-refractivity contribution in [2.24, 2.45) is 0 Å². The molecular formula is C15H15ClFN3O3S. The molecule has 24 heavy (non-hydrogen) atoms. The Balaban J connectivity index is 2.04. The molecule has 0 aliphatic carbocycles. The number of nitrogens with one attached hydrogen (secondary N) is 2. The van der Waals surface area contributed by atoms with Crippen LogP contribution in [0.3, 0.4) is 0 Å². The van der Waals surface area contributed by atoms with Crippen molar-refractivity contribution >= 4 is 45.7 Å². The smallest absolute Gasteiger partial charge is 0.343 e. The lowest BCUT2D eigenvalue weighted by atomic mass is 10.2. The Morgan fingerprint density at radius 3 is 2.75 bits per heavy atom. The molecule has 2 rings (SSSR count). The molecule has 0 saturated carbocycles. The zero-order chi connectivity index (χ0) is 17.9. The van der Waals surface area contributed by atoms with Gasteiger partial charge in [0.15, 0.2) is 6.10 Å². The number of hydrogen-bond donors (Lipinski definition) is 2. The monoisotopic (exact) mass is 371 g/mol. The fourth-order valence-corrected chi connectivity index (χ4v) is 2.79. The summed E-state index contributed by atoms with van der Waals surface area (Å²) in [6.45, 7) is 3.12. The van der Waals surface area contributed by atoms with Gasteiger partial charge in [0.2, 0.25) is 0 Å². The van der Waals surface area contributed by atoms with Crippen LogP contribution in [0, 0.1) is 12.7 Å². The first kappa shape index (κ1) is 18.2. The van der Waals surface area contributed by atoms with E-state index in [0.29, 0.717) is 21.9 Å². The molecule has 1 aromatic carbocycles. The Labute approximate surface area is 147 Å². The minimum absolute atomic E-state index is 0.115. The summed E-state index contributed by atoms with van der Waals surface area (Å²) in [4.78, 5) is 24.3. The highest BCUT2D eigenvalue weighted by Crippen LogP contribution is 2.25. The van der Waals surface area contributed by atoms with Gasteiger partial charge in [0.25, 0.3) is 5.91 Å². The van der Waals surface area contributed by atoms with Crippen LogP contribution in [-0.4, -0.2) is 29.4 Å². The first-order chi connectivity index (χ1) is 11.3. The number of amides is 1. The normalized spacial score (nSPS) is 11.7. The van der Waals surface area contributed by atoms with E-state index in [4.69, 9.17) is 16.3 Å². The van der Waals surface area contributed by atoms with Crippen molar-refractivity contribution in [2.45, 2.75) is 20.0 Å². The maximum atomic E-state index is 13.1. The van der Waals surface area contributed by atoms with Gasteiger partial charge >= 0.3 is 5.97 Å². The quantitative estimate of drug-likeness (QED) is 0.786. The van der Waals surface area contributed by atoms with Gasteiger partial charge < -0.3 is 15.4 Å².